The van der Waals surface area contributed by atoms with E-state index >= 15 is 0 Å². The Bertz CT molecular complexity index is 396. The smallest absolute Gasteiger partial charge is 0.275 e. The lowest BCUT2D eigenvalue weighted by molar-refractivity contribution is -0.384. The number of nitro groups is 1. The van der Waals surface area contributed by atoms with Gasteiger partial charge in [0.25, 0.3) is 5.69 Å². The number of likely N-dealkylation sites (N-methyl/N-ethyl adjacent to an activating group) is 1. The summed E-state index contributed by atoms with van der Waals surface area (Å²) in [4.78, 5) is 12.3. The maximum atomic E-state index is 10.8. The molecule has 0 heterocycles. The average Bonchev–Trinajstić information content (AvgIpc) is 2.35. The highest BCUT2D eigenvalue weighted by Crippen LogP contribution is 2.28. The minimum absolute atomic E-state index is 0.0230. The maximum Gasteiger partial charge on any atom is 0.275 e. The number of nitro benzene ring substituents is 1. The molecule has 94 valence electrons. The van der Waals surface area contributed by atoms with Gasteiger partial charge in [0.15, 0.2) is 0 Å². The van der Waals surface area contributed by atoms with Gasteiger partial charge in [0.2, 0.25) is 0 Å². The third-order valence-electron chi connectivity index (χ3n) is 2.47. The van der Waals surface area contributed by atoms with Crippen molar-refractivity contribution in [3.63, 3.8) is 0 Å². The highest BCUT2D eigenvalue weighted by molar-refractivity contribution is 5.58. The molecule has 0 aliphatic carbocycles. The highest BCUT2D eigenvalue weighted by Gasteiger charge is 2.13. The third-order valence-corrected chi connectivity index (χ3v) is 2.47. The van der Waals surface area contributed by atoms with Crippen molar-refractivity contribution in [3.05, 3.63) is 28.3 Å². The van der Waals surface area contributed by atoms with Crippen molar-refractivity contribution in [1.29, 1.82) is 0 Å². The number of anilines is 1. The number of methoxy groups -OCH3 is 1. The second-order valence-electron chi connectivity index (χ2n) is 3.51. The van der Waals surface area contributed by atoms with Crippen LogP contribution < -0.4 is 15.4 Å². The first-order chi connectivity index (χ1) is 8.12. The van der Waals surface area contributed by atoms with Crippen LogP contribution in [0.3, 0.4) is 0 Å². The largest absolute Gasteiger partial charge is 0.496 e. The zero-order valence-corrected chi connectivity index (χ0v) is 10.0. The number of rotatable bonds is 6. The Labute approximate surface area is 100 Å². The first-order valence-corrected chi connectivity index (χ1v) is 5.40. The Balaban J connectivity index is 3.12. The van der Waals surface area contributed by atoms with Gasteiger partial charge in [-0.2, -0.15) is 0 Å². The minimum Gasteiger partial charge on any atom is -0.496 e. The number of ether oxygens (including phenoxy) is 1. The Morgan fingerprint density at radius 3 is 2.65 bits per heavy atom. The van der Waals surface area contributed by atoms with Crippen molar-refractivity contribution in [1.82, 2.24) is 0 Å². The van der Waals surface area contributed by atoms with Crippen molar-refractivity contribution in [3.8, 4) is 5.75 Å². The summed E-state index contributed by atoms with van der Waals surface area (Å²) in [6.45, 7) is 3.86. The second kappa shape index (κ2) is 6.05. The van der Waals surface area contributed by atoms with Gasteiger partial charge >= 0.3 is 0 Å². The molecule has 0 fully saturated rings. The molecular weight excluding hydrogens is 222 g/mol. The van der Waals surface area contributed by atoms with E-state index in [-0.39, 0.29) is 5.69 Å². The molecule has 6 nitrogen and oxygen atoms in total. The van der Waals surface area contributed by atoms with Crippen LogP contribution in [-0.2, 0) is 0 Å². The Hall–Kier alpha value is -1.82. The van der Waals surface area contributed by atoms with Gasteiger partial charge in [0, 0.05) is 37.5 Å². The van der Waals surface area contributed by atoms with Crippen LogP contribution >= 0.6 is 0 Å². The number of hydrogen-bond acceptors (Lipinski definition) is 5. The summed E-state index contributed by atoms with van der Waals surface area (Å²) in [6, 6.07) is 4.70. The first-order valence-electron chi connectivity index (χ1n) is 5.40. The molecule has 17 heavy (non-hydrogen) atoms. The van der Waals surface area contributed by atoms with Crippen LogP contribution in [-0.4, -0.2) is 31.7 Å². The van der Waals surface area contributed by atoms with Crippen molar-refractivity contribution in [2.45, 2.75) is 6.92 Å². The summed E-state index contributed by atoms with van der Waals surface area (Å²) in [5, 5.41) is 10.8. The Kier molecular flexibility index (Phi) is 4.71. The number of benzene rings is 1. The second-order valence-corrected chi connectivity index (χ2v) is 3.51. The number of nitrogens with two attached hydrogens (primary N) is 1. The third kappa shape index (κ3) is 3.32. The van der Waals surface area contributed by atoms with Crippen LogP contribution in [0.4, 0.5) is 11.4 Å². The molecule has 0 saturated carbocycles. The summed E-state index contributed by atoms with van der Waals surface area (Å²) in [7, 11) is 1.49. The standard InChI is InChI=1S/C11H17N3O3/c1-3-13(5-4-12)9-6-10(14(15)16)8-11(7-9)17-2/h6-8H,3-5,12H2,1-2H3. The summed E-state index contributed by atoms with van der Waals surface area (Å²) in [6.07, 6.45) is 0. The van der Waals surface area contributed by atoms with Crippen molar-refractivity contribution >= 4 is 11.4 Å². The van der Waals surface area contributed by atoms with Crippen LogP contribution in [0.25, 0.3) is 0 Å². The molecule has 1 rings (SSSR count). The van der Waals surface area contributed by atoms with E-state index in [1.54, 1.807) is 6.07 Å². The van der Waals surface area contributed by atoms with Crippen LogP contribution in [0.1, 0.15) is 6.92 Å². The summed E-state index contributed by atoms with van der Waals surface area (Å²) < 4.78 is 5.06. The van der Waals surface area contributed by atoms with E-state index in [0.29, 0.717) is 18.8 Å². The zero-order chi connectivity index (χ0) is 12.8. The van der Waals surface area contributed by atoms with E-state index < -0.39 is 4.92 Å². The van der Waals surface area contributed by atoms with Crippen molar-refractivity contribution < 1.29 is 9.66 Å². The van der Waals surface area contributed by atoms with Crippen LogP contribution in [0.15, 0.2) is 18.2 Å². The van der Waals surface area contributed by atoms with E-state index in [2.05, 4.69) is 0 Å². The molecule has 0 atom stereocenters. The lowest BCUT2D eigenvalue weighted by Gasteiger charge is -2.22. The molecule has 1 aromatic rings. The molecular formula is C11H17N3O3. The summed E-state index contributed by atoms with van der Waals surface area (Å²) >= 11 is 0. The van der Waals surface area contributed by atoms with Crippen molar-refractivity contribution in [2.24, 2.45) is 5.73 Å². The van der Waals surface area contributed by atoms with Gasteiger partial charge in [-0.1, -0.05) is 0 Å². The molecule has 0 aliphatic heterocycles. The molecule has 6 heteroatoms. The molecule has 0 bridgehead atoms. The van der Waals surface area contributed by atoms with Crippen LogP contribution in [0, 0.1) is 10.1 Å². The van der Waals surface area contributed by atoms with Gasteiger partial charge in [-0.3, -0.25) is 10.1 Å². The molecule has 0 amide bonds. The first kappa shape index (κ1) is 13.2. The van der Waals surface area contributed by atoms with Gasteiger partial charge in [0.05, 0.1) is 18.1 Å². The predicted molar refractivity (Wildman–Crippen MR) is 66.6 cm³/mol. The monoisotopic (exact) mass is 239 g/mol. The molecule has 0 aliphatic rings. The fourth-order valence-electron chi connectivity index (χ4n) is 1.60. The molecule has 2 N–H and O–H groups in total. The fourth-order valence-corrected chi connectivity index (χ4v) is 1.60. The Morgan fingerprint density at radius 1 is 1.47 bits per heavy atom. The molecule has 0 spiro atoms. The van der Waals surface area contributed by atoms with Gasteiger partial charge in [0.1, 0.15) is 5.75 Å². The van der Waals surface area contributed by atoms with Gasteiger partial charge in [-0.15, -0.1) is 0 Å². The lowest BCUT2D eigenvalue weighted by Crippen LogP contribution is -2.29. The topological polar surface area (TPSA) is 81.6 Å². The molecule has 0 radical (unpaired) electrons. The predicted octanol–water partition coefficient (Wildman–Crippen LogP) is 1.39. The van der Waals surface area contributed by atoms with E-state index in [1.807, 2.05) is 11.8 Å². The SMILES string of the molecule is CCN(CCN)c1cc(OC)cc([N+](=O)[O-])c1. The Morgan fingerprint density at radius 2 is 2.18 bits per heavy atom. The lowest BCUT2D eigenvalue weighted by atomic mass is 10.2. The van der Waals surface area contributed by atoms with E-state index in [0.717, 1.165) is 12.2 Å². The van der Waals surface area contributed by atoms with Crippen LogP contribution in [0.2, 0.25) is 0 Å². The van der Waals surface area contributed by atoms with Gasteiger partial charge in [-0.05, 0) is 6.92 Å². The van der Waals surface area contributed by atoms with Crippen LogP contribution in [0.5, 0.6) is 5.75 Å². The molecule has 0 aromatic heterocycles. The number of hydrogen-bond donors (Lipinski definition) is 1. The summed E-state index contributed by atoms with van der Waals surface area (Å²) in [5.74, 6) is 0.477. The number of nitrogens with zero attached hydrogens (tertiary/aromatic N) is 2. The fraction of sp³-hybridized carbons (Fsp3) is 0.455. The quantitative estimate of drug-likeness (QED) is 0.599. The van der Waals surface area contributed by atoms with Gasteiger partial charge in [-0.25, -0.2) is 0 Å². The van der Waals surface area contributed by atoms with Gasteiger partial charge < -0.3 is 15.4 Å². The molecule has 0 saturated heterocycles. The molecule has 1 aromatic carbocycles. The average molecular weight is 239 g/mol. The molecule has 0 unspecified atom stereocenters. The normalized spacial score (nSPS) is 10.1. The van der Waals surface area contributed by atoms with E-state index in [4.69, 9.17) is 10.5 Å². The zero-order valence-electron chi connectivity index (χ0n) is 10.0. The highest BCUT2D eigenvalue weighted by atomic mass is 16.6. The maximum absolute atomic E-state index is 10.8. The number of non-ortho nitro benzene ring substituents is 1. The van der Waals surface area contributed by atoms with E-state index in [1.165, 1.54) is 19.2 Å². The minimum atomic E-state index is -0.428. The summed E-state index contributed by atoms with van der Waals surface area (Å²) in [5.41, 5.74) is 6.28. The van der Waals surface area contributed by atoms with E-state index in [9.17, 15) is 10.1 Å². The van der Waals surface area contributed by atoms with Crippen molar-refractivity contribution in [2.75, 3.05) is 31.6 Å².